The van der Waals surface area contributed by atoms with Crippen molar-refractivity contribution in [1.82, 2.24) is 10.6 Å². The van der Waals surface area contributed by atoms with Gasteiger partial charge in [0.2, 0.25) is 5.91 Å². The van der Waals surface area contributed by atoms with Gasteiger partial charge in [0.15, 0.2) is 0 Å². The Morgan fingerprint density at radius 1 is 1.47 bits per heavy atom. The van der Waals surface area contributed by atoms with Crippen molar-refractivity contribution in [1.29, 1.82) is 0 Å². The van der Waals surface area contributed by atoms with Crippen LogP contribution >= 0.6 is 0 Å². The van der Waals surface area contributed by atoms with E-state index in [0.717, 1.165) is 32.2 Å². The van der Waals surface area contributed by atoms with E-state index in [1.165, 1.54) is 0 Å². The average Bonchev–Trinajstić information content (AvgIpc) is 2.75. The van der Waals surface area contributed by atoms with Crippen molar-refractivity contribution in [2.45, 2.75) is 57.5 Å². The molecule has 0 spiro atoms. The minimum absolute atomic E-state index is 0.161. The number of rotatable bonds is 6. The second-order valence-electron chi connectivity index (χ2n) is 4.63. The van der Waals surface area contributed by atoms with Crippen molar-refractivity contribution >= 4 is 11.9 Å². The summed E-state index contributed by atoms with van der Waals surface area (Å²) in [5, 5.41) is 14.8. The molecule has 1 heterocycles. The van der Waals surface area contributed by atoms with Crippen molar-refractivity contribution in [2.75, 3.05) is 6.54 Å². The summed E-state index contributed by atoms with van der Waals surface area (Å²) < 4.78 is 0. The molecular formula is C12H22N2O3. The van der Waals surface area contributed by atoms with E-state index in [9.17, 15) is 9.59 Å². The second kappa shape index (κ2) is 6.00. The third kappa shape index (κ3) is 3.19. The summed E-state index contributed by atoms with van der Waals surface area (Å²) in [5.41, 5.74) is -0.544. The molecule has 0 aliphatic carbocycles. The molecular weight excluding hydrogens is 220 g/mol. The fourth-order valence-corrected chi connectivity index (χ4v) is 2.39. The van der Waals surface area contributed by atoms with Gasteiger partial charge < -0.3 is 15.7 Å². The molecule has 2 atom stereocenters. The summed E-state index contributed by atoms with van der Waals surface area (Å²) in [6.07, 6.45) is 3.84. The first-order chi connectivity index (χ1) is 8.05. The Hall–Kier alpha value is -1.10. The maximum Gasteiger partial charge on any atom is 0.326 e. The number of carbonyl (C=O) groups is 2. The molecule has 98 valence electrons. The largest absolute Gasteiger partial charge is 0.480 e. The summed E-state index contributed by atoms with van der Waals surface area (Å²) in [6, 6.07) is -0.779. The predicted octanol–water partition coefficient (Wildman–Crippen LogP) is 0.888. The number of hydrogen-bond acceptors (Lipinski definition) is 3. The van der Waals surface area contributed by atoms with Crippen LogP contribution < -0.4 is 10.6 Å². The maximum atomic E-state index is 12.2. The van der Waals surface area contributed by atoms with Crippen LogP contribution in [0.15, 0.2) is 0 Å². The number of amides is 1. The van der Waals surface area contributed by atoms with Gasteiger partial charge in [-0.25, -0.2) is 4.79 Å². The molecule has 0 aromatic rings. The Morgan fingerprint density at radius 3 is 2.59 bits per heavy atom. The van der Waals surface area contributed by atoms with Gasteiger partial charge >= 0.3 is 5.97 Å². The van der Waals surface area contributed by atoms with Crippen LogP contribution in [0.1, 0.15) is 46.0 Å². The van der Waals surface area contributed by atoms with E-state index in [1.807, 2.05) is 6.92 Å². The zero-order valence-electron chi connectivity index (χ0n) is 10.6. The van der Waals surface area contributed by atoms with Crippen LogP contribution in [0.25, 0.3) is 0 Å². The normalized spacial score (nSPS) is 25.5. The van der Waals surface area contributed by atoms with Crippen molar-refractivity contribution in [3.05, 3.63) is 0 Å². The third-order valence-electron chi connectivity index (χ3n) is 3.37. The van der Waals surface area contributed by atoms with Gasteiger partial charge in [-0.3, -0.25) is 4.79 Å². The average molecular weight is 242 g/mol. The lowest BCUT2D eigenvalue weighted by Gasteiger charge is -2.29. The molecule has 0 bridgehead atoms. The number of carbonyl (C=O) groups excluding carboxylic acids is 1. The van der Waals surface area contributed by atoms with Gasteiger partial charge in [0.05, 0.1) is 5.54 Å². The number of hydrogen-bond donors (Lipinski definition) is 3. The molecule has 1 saturated heterocycles. The van der Waals surface area contributed by atoms with Crippen LogP contribution in [-0.2, 0) is 9.59 Å². The van der Waals surface area contributed by atoms with E-state index in [4.69, 9.17) is 5.11 Å². The van der Waals surface area contributed by atoms with Crippen LogP contribution in [-0.4, -0.2) is 35.1 Å². The standard InChI is InChI=1S/C12H22N2O3/c1-3-6-12(7-5-8-13-12)11(17)14-9(4-2)10(15)16/h9,13H,3-8H2,1-2H3,(H,14,17)(H,15,16)/t9-,12?/m0/s1. The van der Waals surface area contributed by atoms with E-state index >= 15 is 0 Å². The Kier molecular flexibility index (Phi) is 4.93. The highest BCUT2D eigenvalue weighted by atomic mass is 16.4. The molecule has 1 aliphatic heterocycles. The van der Waals surface area contributed by atoms with Crippen LogP contribution in [0.2, 0.25) is 0 Å². The van der Waals surface area contributed by atoms with Gasteiger partial charge in [-0.15, -0.1) is 0 Å². The lowest BCUT2D eigenvalue weighted by atomic mass is 9.90. The molecule has 1 fully saturated rings. The molecule has 3 N–H and O–H groups in total. The second-order valence-corrected chi connectivity index (χ2v) is 4.63. The summed E-state index contributed by atoms with van der Waals surface area (Å²) >= 11 is 0. The zero-order valence-corrected chi connectivity index (χ0v) is 10.6. The fraction of sp³-hybridized carbons (Fsp3) is 0.833. The summed E-state index contributed by atoms with van der Waals surface area (Å²) in [6.45, 7) is 4.62. The predicted molar refractivity (Wildman–Crippen MR) is 64.7 cm³/mol. The van der Waals surface area contributed by atoms with Crippen molar-refractivity contribution < 1.29 is 14.7 Å². The first-order valence-electron chi connectivity index (χ1n) is 6.34. The van der Waals surface area contributed by atoms with E-state index in [2.05, 4.69) is 10.6 Å². The van der Waals surface area contributed by atoms with Gasteiger partial charge in [0, 0.05) is 0 Å². The highest BCUT2D eigenvalue weighted by Crippen LogP contribution is 2.25. The van der Waals surface area contributed by atoms with Crippen molar-refractivity contribution in [3.8, 4) is 0 Å². The fourth-order valence-electron chi connectivity index (χ4n) is 2.39. The topological polar surface area (TPSA) is 78.4 Å². The first kappa shape index (κ1) is 14.0. The Balaban J connectivity index is 2.68. The van der Waals surface area contributed by atoms with E-state index in [-0.39, 0.29) is 5.91 Å². The smallest absolute Gasteiger partial charge is 0.326 e. The van der Waals surface area contributed by atoms with E-state index in [1.54, 1.807) is 6.92 Å². The molecule has 5 nitrogen and oxygen atoms in total. The van der Waals surface area contributed by atoms with Crippen molar-refractivity contribution in [3.63, 3.8) is 0 Å². The molecule has 5 heteroatoms. The minimum atomic E-state index is -0.967. The Labute approximate surface area is 102 Å². The van der Waals surface area contributed by atoms with Crippen LogP contribution in [0.3, 0.4) is 0 Å². The van der Waals surface area contributed by atoms with Gasteiger partial charge in [-0.05, 0) is 32.2 Å². The maximum absolute atomic E-state index is 12.2. The van der Waals surface area contributed by atoms with Crippen LogP contribution in [0, 0.1) is 0 Å². The molecule has 0 aromatic carbocycles. The quantitative estimate of drug-likeness (QED) is 0.646. The van der Waals surface area contributed by atoms with Crippen molar-refractivity contribution in [2.24, 2.45) is 0 Å². The highest BCUT2D eigenvalue weighted by Gasteiger charge is 2.41. The third-order valence-corrected chi connectivity index (χ3v) is 3.37. The number of carboxylic acid groups (broad SMARTS) is 1. The Morgan fingerprint density at radius 2 is 2.18 bits per heavy atom. The number of carboxylic acids is 1. The Bertz CT molecular complexity index is 285. The van der Waals surface area contributed by atoms with Gasteiger partial charge in [-0.2, -0.15) is 0 Å². The monoisotopic (exact) mass is 242 g/mol. The van der Waals surface area contributed by atoms with Crippen LogP contribution in [0.5, 0.6) is 0 Å². The molecule has 1 amide bonds. The number of nitrogens with one attached hydrogen (secondary N) is 2. The summed E-state index contributed by atoms with van der Waals surface area (Å²) in [5.74, 6) is -1.13. The lowest BCUT2D eigenvalue weighted by Crippen LogP contribution is -2.56. The number of aliphatic carboxylic acids is 1. The summed E-state index contributed by atoms with van der Waals surface area (Å²) in [7, 11) is 0. The molecule has 0 radical (unpaired) electrons. The van der Waals surface area contributed by atoms with Crippen LogP contribution in [0.4, 0.5) is 0 Å². The highest BCUT2D eigenvalue weighted by molar-refractivity contribution is 5.90. The van der Waals surface area contributed by atoms with Gasteiger partial charge in [-0.1, -0.05) is 20.3 Å². The SMILES string of the molecule is CCCC1(C(=O)N[C@@H](CC)C(=O)O)CCCN1. The first-order valence-corrected chi connectivity index (χ1v) is 6.34. The van der Waals surface area contributed by atoms with E-state index < -0.39 is 17.6 Å². The minimum Gasteiger partial charge on any atom is -0.480 e. The molecule has 17 heavy (non-hydrogen) atoms. The molecule has 0 saturated carbocycles. The molecule has 1 rings (SSSR count). The van der Waals surface area contributed by atoms with Gasteiger partial charge in [0.1, 0.15) is 6.04 Å². The molecule has 1 unspecified atom stereocenters. The lowest BCUT2D eigenvalue weighted by molar-refractivity contribution is -0.143. The molecule has 0 aromatic heterocycles. The molecule has 1 aliphatic rings. The van der Waals surface area contributed by atoms with E-state index in [0.29, 0.717) is 6.42 Å². The zero-order chi connectivity index (χ0) is 12.9. The van der Waals surface area contributed by atoms with Gasteiger partial charge in [0.25, 0.3) is 0 Å². The summed E-state index contributed by atoms with van der Waals surface area (Å²) in [4.78, 5) is 23.1.